The van der Waals surface area contributed by atoms with Crippen LogP contribution in [0.1, 0.15) is 54.2 Å². The molecule has 0 spiro atoms. The van der Waals surface area contributed by atoms with Crippen molar-refractivity contribution < 1.29 is 4.79 Å². The zero-order chi connectivity index (χ0) is 21.9. The van der Waals surface area contributed by atoms with Gasteiger partial charge in [-0.25, -0.2) is 4.99 Å². The highest BCUT2D eigenvalue weighted by atomic mass is 127. The quantitative estimate of drug-likeness (QED) is 0.252. The Labute approximate surface area is 209 Å². The monoisotopic (exact) mass is 549 g/mol. The Morgan fingerprint density at radius 2 is 1.69 bits per heavy atom. The molecule has 1 saturated heterocycles. The average Bonchev–Trinajstić information content (AvgIpc) is 3.33. The highest BCUT2D eigenvalue weighted by Crippen LogP contribution is 2.24. The normalized spacial score (nSPS) is 15.0. The van der Waals surface area contributed by atoms with Crippen LogP contribution in [0, 0.1) is 0 Å². The lowest BCUT2D eigenvalue weighted by atomic mass is 10.1. The zero-order valence-electron chi connectivity index (χ0n) is 19.1. The third kappa shape index (κ3) is 7.78. The van der Waals surface area contributed by atoms with Gasteiger partial charge in [-0.05, 0) is 63.0 Å². The third-order valence-corrected chi connectivity index (χ3v) is 5.52. The van der Waals surface area contributed by atoms with Gasteiger partial charge in [-0.1, -0.05) is 42.5 Å². The Morgan fingerprint density at radius 1 is 0.969 bits per heavy atom. The van der Waals surface area contributed by atoms with E-state index in [0.717, 1.165) is 37.7 Å². The van der Waals surface area contributed by atoms with Crippen LogP contribution in [0.25, 0.3) is 0 Å². The van der Waals surface area contributed by atoms with E-state index in [4.69, 9.17) is 4.99 Å². The van der Waals surface area contributed by atoms with Gasteiger partial charge in [0, 0.05) is 25.2 Å². The number of aliphatic imine (C=N–C) groups is 1. The summed E-state index contributed by atoms with van der Waals surface area (Å²) >= 11 is 0. The zero-order valence-corrected chi connectivity index (χ0v) is 21.5. The number of nitrogens with one attached hydrogen (secondary N) is 3. The summed E-state index contributed by atoms with van der Waals surface area (Å²) in [7, 11) is 0. The average molecular weight is 550 g/mol. The van der Waals surface area contributed by atoms with Crippen LogP contribution in [-0.4, -0.2) is 49.5 Å². The molecule has 0 saturated carbocycles. The standard InChI is InChI=1S/C25H35N5O.HI/c1-3-26-24(31)22-14-10-11-20(17-22)18-28-25(27-4-2)29-19-23(30-15-8-9-16-30)21-12-6-5-7-13-21;/h5-7,10-14,17,23H,3-4,8-9,15-16,18-19H2,1-2H3,(H,26,31)(H2,27,28,29);1H. The van der Waals surface area contributed by atoms with Gasteiger partial charge in [0.15, 0.2) is 5.96 Å². The van der Waals surface area contributed by atoms with Gasteiger partial charge < -0.3 is 16.0 Å². The predicted molar refractivity (Wildman–Crippen MR) is 143 cm³/mol. The Kier molecular flexibility index (Phi) is 11.5. The third-order valence-electron chi connectivity index (χ3n) is 5.52. The van der Waals surface area contributed by atoms with Gasteiger partial charge in [-0.3, -0.25) is 9.69 Å². The fourth-order valence-electron chi connectivity index (χ4n) is 3.97. The molecule has 0 bridgehead atoms. The minimum absolute atomic E-state index is 0. The van der Waals surface area contributed by atoms with Crippen LogP contribution in [0.15, 0.2) is 59.6 Å². The van der Waals surface area contributed by atoms with Crippen molar-refractivity contribution in [3.05, 3.63) is 71.3 Å². The number of hydrogen-bond acceptors (Lipinski definition) is 3. The second-order valence-electron chi connectivity index (χ2n) is 7.81. The summed E-state index contributed by atoms with van der Waals surface area (Å²) in [6.07, 6.45) is 2.53. The number of amides is 1. The fourth-order valence-corrected chi connectivity index (χ4v) is 3.97. The largest absolute Gasteiger partial charge is 0.357 e. The molecule has 0 radical (unpaired) electrons. The van der Waals surface area contributed by atoms with Crippen molar-refractivity contribution in [1.29, 1.82) is 0 Å². The summed E-state index contributed by atoms with van der Waals surface area (Å²) in [6, 6.07) is 18.7. The van der Waals surface area contributed by atoms with E-state index in [9.17, 15) is 4.79 Å². The van der Waals surface area contributed by atoms with Crippen molar-refractivity contribution in [2.75, 3.05) is 32.7 Å². The second kappa shape index (κ2) is 14.1. The minimum atomic E-state index is -0.0466. The van der Waals surface area contributed by atoms with E-state index in [1.807, 2.05) is 31.2 Å². The summed E-state index contributed by atoms with van der Waals surface area (Å²) in [6.45, 7) is 9.01. The second-order valence-corrected chi connectivity index (χ2v) is 7.81. The first kappa shape index (κ1) is 26.1. The maximum Gasteiger partial charge on any atom is 0.251 e. The smallest absolute Gasteiger partial charge is 0.251 e. The Bertz CT molecular complexity index is 852. The van der Waals surface area contributed by atoms with Gasteiger partial charge >= 0.3 is 0 Å². The molecule has 6 nitrogen and oxygen atoms in total. The minimum Gasteiger partial charge on any atom is -0.357 e. The molecule has 32 heavy (non-hydrogen) atoms. The lowest BCUT2D eigenvalue weighted by Crippen LogP contribution is -2.42. The number of nitrogens with zero attached hydrogens (tertiary/aromatic N) is 2. The van der Waals surface area contributed by atoms with Gasteiger partial charge in [0.2, 0.25) is 0 Å². The first-order valence-electron chi connectivity index (χ1n) is 11.4. The molecular formula is C25H36IN5O. The molecule has 1 fully saturated rings. The number of rotatable bonds is 9. The molecule has 3 N–H and O–H groups in total. The molecule has 3 rings (SSSR count). The Balaban J connectivity index is 0.00000363. The van der Waals surface area contributed by atoms with Crippen molar-refractivity contribution in [3.63, 3.8) is 0 Å². The molecule has 1 amide bonds. The number of likely N-dealkylation sites (tertiary alicyclic amines) is 1. The maximum absolute atomic E-state index is 12.1. The van der Waals surface area contributed by atoms with Crippen LogP contribution < -0.4 is 16.0 Å². The molecule has 7 heteroatoms. The maximum atomic E-state index is 12.1. The van der Waals surface area contributed by atoms with Crippen LogP contribution >= 0.6 is 24.0 Å². The van der Waals surface area contributed by atoms with Crippen LogP contribution in [0.3, 0.4) is 0 Å². The first-order chi connectivity index (χ1) is 15.2. The number of hydrogen-bond donors (Lipinski definition) is 3. The fraction of sp³-hybridized carbons (Fsp3) is 0.440. The van der Waals surface area contributed by atoms with Crippen molar-refractivity contribution in [3.8, 4) is 0 Å². The topological polar surface area (TPSA) is 68.8 Å². The lowest BCUT2D eigenvalue weighted by Gasteiger charge is -2.29. The number of carbonyl (C=O) groups excluding carboxylic acids is 1. The van der Waals surface area contributed by atoms with E-state index in [-0.39, 0.29) is 29.9 Å². The van der Waals surface area contributed by atoms with E-state index >= 15 is 0 Å². The molecule has 2 aromatic rings. The van der Waals surface area contributed by atoms with E-state index in [0.29, 0.717) is 24.7 Å². The summed E-state index contributed by atoms with van der Waals surface area (Å²) in [5.41, 5.74) is 3.02. The van der Waals surface area contributed by atoms with Gasteiger partial charge in [0.25, 0.3) is 5.91 Å². The van der Waals surface area contributed by atoms with Crippen molar-refractivity contribution >= 4 is 35.8 Å². The van der Waals surface area contributed by atoms with Crippen LogP contribution in [-0.2, 0) is 6.54 Å². The number of benzene rings is 2. The Morgan fingerprint density at radius 3 is 2.38 bits per heavy atom. The van der Waals surface area contributed by atoms with Crippen molar-refractivity contribution in [2.24, 2.45) is 4.99 Å². The summed E-state index contributed by atoms with van der Waals surface area (Å²) < 4.78 is 0. The highest BCUT2D eigenvalue weighted by Gasteiger charge is 2.23. The molecular weight excluding hydrogens is 513 g/mol. The molecule has 1 heterocycles. The van der Waals surface area contributed by atoms with E-state index < -0.39 is 0 Å². The van der Waals surface area contributed by atoms with E-state index in [2.05, 4.69) is 58.1 Å². The molecule has 0 aliphatic carbocycles. The lowest BCUT2D eigenvalue weighted by molar-refractivity contribution is 0.0955. The first-order valence-corrected chi connectivity index (χ1v) is 11.4. The molecule has 174 valence electrons. The van der Waals surface area contributed by atoms with Crippen molar-refractivity contribution in [1.82, 2.24) is 20.9 Å². The highest BCUT2D eigenvalue weighted by molar-refractivity contribution is 14.0. The summed E-state index contributed by atoms with van der Waals surface area (Å²) in [5.74, 6) is 0.751. The van der Waals surface area contributed by atoms with Gasteiger partial charge in [-0.2, -0.15) is 0 Å². The van der Waals surface area contributed by atoms with Crippen LogP contribution in [0.5, 0.6) is 0 Å². The van der Waals surface area contributed by atoms with Gasteiger partial charge in [0.05, 0.1) is 12.6 Å². The van der Waals surface area contributed by atoms with E-state index in [1.54, 1.807) is 0 Å². The molecule has 1 aliphatic heterocycles. The molecule has 1 aliphatic rings. The SMILES string of the molecule is CCNC(=O)c1cccc(CN=C(NCC)NCC(c2ccccc2)N2CCCC2)c1.I. The van der Waals surface area contributed by atoms with Crippen LogP contribution in [0.2, 0.25) is 0 Å². The Hall–Kier alpha value is -2.13. The van der Waals surface area contributed by atoms with E-state index in [1.165, 1.54) is 18.4 Å². The molecule has 1 atom stereocenters. The molecule has 1 unspecified atom stereocenters. The van der Waals surface area contributed by atoms with Gasteiger partial charge in [-0.15, -0.1) is 24.0 Å². The summed E-state index contributed by atoms with van der Waals surface area (Å²) in [5, 5.41) is 9.74. The van der Waals surface area contributed by atoms with Crippen molar-refractivity contribution in [2.45, 2.75) is 39.3 Å². The number of halogens is 1. The number of guanidine groups is 1. The predicted octanol–water partition coefficient (Wildman–Crippen LogP) is 3.95. The van der Waals surface area contributed by atoms with Gasteiger partial charge in [0.1, 0.15) is 0 Å². The molecule has 0 aromatic heterocycles. The number of carbonyl (C=O) groups is 1. The van der Waals surface area contributed by atoms with Crippen LogP contribution in [0.4, 0.5) is 0 Å². The summed E-state index contributed by atoms with van der Waals surface area (Å²) in [4.78, 5) is 19.4. The molecule has 2 aromatic carbocycles.